The molecule has 0 saturated carbocycles. The third kappa shape index (κ3) is 1.90. The first-order valence-electron chi connectivity index (χ1n) is 4.81. The van der Waals surface area contributed by atoms with Crippen molar-refractivity contribution in [3.63, 3.8) is 0 Å². The first-order valence-corrected chi connectivity index (χ1v) is 4.81. The van der Waals surface area contributed by atoms with Crippen LogP contribution in [0.5, 0.6) is 5.75 Å². The van der Waals surface area contributed by atoms with Gasteiger partial charge in [0.25, 0.3) is 0 Å². The normalized spacial score (nSPS) is 11.9. The molecule has 0 bridgehead atoms. The van der Waals surface area contributed by atoms with Gasteiger partial charge in [0.1, 0.15) is 11.4 Å². The van der Waals surface area contributed by atoms with E-state index in [0.717, 1.165) is 11.3 Å². The molecule has 0 aliphatic heterocycles. The Morgan fingerprint density at radius 2 is 1.93 bits per heavy atom. The SMILES string of the molecule is CC(C)(C)Oc1ccc2[nH]ccc2c1. The van der Waals surface area contributed by atoms with Gasteiger partial charge in [0.2, 0.25) is 0 Å². The summed E-state index contributed by atoms with van der Waals surface area (Å²) in [4.78, 5) is 3.15. The predicted octanol–water partition coefficient (Wildman–Crippen LogP) is 3.35. The zero-order valence-corrected chi connectivity index (χ0v) is 8.79. The van der Waals surface area contributed by atoms with Crippen LogP contribution in [0.4, 0.5) is 0 Å². The molecule has 0 fully saturated rings. The van der Waals surface area contributed by atoms with Crippen molar-refractivity contribution in [3.8, 4) is 5.75 Å². The topological polar surface area (TPSA) is 25.0 Å². The van der Waals surface area contributed by atoms with Gasteiger partial charge in [-0.2, -0.15) is 0 Å². The van der Waals surface area contributed by atoms with Crippen LogP contribution in [-0.2, 0) is 0 Å². The Morgan fingerprint density at radius 1 is 1.14 bits per heavy atom. The number of hydrogen-bond donors (Lipinski definition) is 1. The van der Waals surface area contributed by atoms with Crippen molar-refractivity contribution in [1.29, 1.82) is 0 Å². The van der Waals surface area contributed by atoms with Gasteiger partial charge in [-0.05, 0) is 45.0 Å². The van der Waals surface area contributed by atoms with Crippen LogP contribution in [0.2, 0.25) is 0 Å². The molecule has 0 saturated heterocycles. The molecule has 1 aromatic carbocycles. The van der Waals surface area contributed by atoms with Gasteiger partial charge in [0, 0.05) is 17.1 Å². The average molecular weight is 189 g/mol. The van der Waals surface area contributed by atoms with Crippen LogP contribution in [0, 0.1) is 0 Å². The fourth-order valence-corrected chi connectivity index (χ4v) is 1.45. The van der Waals surface area contributed by atoms with Crippen molar-refractivity contribution in [3.05, 3.63) is 30.5 Å². The maximum absolute atomic E-state index is 5.77. The highest BCUT2D eigenvalue weighted by atomic mass is 16.5. The molecule has 2 heteroatoms. The second-order valence-electron chi connectivity index (χ2n) is 4.44. The van der Waals surface area contributed by atoms with E-state index in [9.17, 15) is 0 Å². The van der Waals surface area contributed by atoms with Crippen LogP contribution >= 0.6 is 0 Å². The molecular weight excluding hydrogens is 174 g/mol. The number of aromatic amines is 1. The monoisotopic (exact) mass is 189 g/mol. The summed E-state index contributed by atoms with van der Waals surface area (Å²) in [6, 6.07) is 8.13. The van der Waals surface area contributed by atoms with E-state index in [1.54, 1.807) is 0 Å². The van der Waals surface area contributed by atoms with E-state index in [0.29, 0.717) is 0 Å². The number of benzene rings is 1. The Bertz CT molecular complexity index is 437. The molecule has 0 atom stereocenters. The molecule has 0 aliphatic rings. The molecule has 0 amide bonds. The van der Waals surface area contributed by atoms with Gasteiger partial charge in [-0.25, -0.2) is 0 Å². The Morgan fingerprint density at radius 3 is 2.64 bits per heavy atom. The van der Waals surface area contributed by atoms with Gasteiger partial charge in [0.05, 0.1) is 0 Å². The zero-order valence-electron chi connectivity index (χ0n) is 8.79. The fourth-order valence-electron chi connectivity index (χ4n) is 1.45. The molecule has 14 heavy (non-hydrogen) atoms. The minimum Gasteiger partial charge on any atom is -0.488 e. The number of ether oxygens (including phenoxy) is 1. The maximum Gasteiger partial charge on any atom is 0.120 e. The Kier molecular flexibility index (Phi) is 1.99. The molecule has 2 rings (SSSR count). The third-order valence-corrected chi connectivity index (χ3v) is 1.95. The van der Waals surface area contributed by atoms with Crippen LogP contribution in [0.1, 0.15) is 20.8 Å². The van der Waals surface area contributed by atoms with Crippen molar-refractivity contribution < 1.29 is 4.74 Å². The number of aromatic nitrogens is 1. The minimum atomic E-state index is -0.135. The molecule has 0 unspecified atom stereocenters. The van der Waals surface area contributed by atoms with E-state index in [1.165, 1.54) is 5.39 Å². The predicted molar refractivity (Wildman–Crippen MR) is 58.7 cm³/mol. The number of nitrogens with one attached hydrogen (secondary N) is 1. The van der Waals surface area contributed by atoms with E-state index in [2.05, 4.69) is 11.1 Å². The van der Waals surface area contributed by atoms with Crippen molar-refractivity contribution in [2.24, 2.45) is 0 Å². The second-order valence-corrected chi connectivity index (χ2v) is 4.44. The minimum absolute atomic E-state index is 0.135. The highest BCUT2D eigenvalue weighted by Crippen LogP contribution is 2.22. The fraction of sp³-hybridized carbons (Fsp3) is 0.333. The molecule has 1 N–H and O–H groups in total. The number of fused-ring (bicyclic) bond motifs is 1. The lowest BCUT2D eigenvalue weighted by molar-refractivity contribution is 0.131. The summed E-state index contributed by atoms with van der Waals surface area (Å²) in [5, 5.41) is 1.19. The first-order chi connectivity index (χ1) is 6.54. The molecule has 74 valence electrons. The van der Waals surface area contributed by atoms with Crippen LogP contribution in [0.3, 0.4) is 0 Å². The van der Waals surface area contributed by atoms with Gasteiger partial charge in [-0.3, -0.25) is 0 Å². The number of hydrogen-bond acceptors (Lipinski definition) is 1. The van der Waals surface area contributed by atoms with Gasteiger partial charge >= 0.3 is 0 Å². The Labute approximate surface area is 83.9 Å². The van der Waals surface area contributed by atoms with Gasteiger partial charge in [-0.15, -0.1) is 0 Å². The summed E-state index contributed by atoms with van der Waals surface area (Å²) in [6.45, 7) is 6.15. The third-order valence-electron chi connectivity index (χ3n) is 1.95. The number of H-pyrrole nitrogens is 1. The molecule has 2 nitrogen and oxygen atoms in total. The van der Waals surface area contributed by atoms with E-state index in [4.69, 9.17) is 4.74 Å². The van der Waals surface area contributed by atoms with Gasteiger partial charge < -0.3 is 9.72 Å². The summed E-state index contributed by atoms with van der Waals surface area (Å²) in [5.41, 5.74) is 1.01. The zero-order chi connectivity index (χ0) is 10.2. The van der Waals surface area contributed by atoms with Crippen LogP contribution in [0.25, 0.3) is 10.9 Å². The molecule has 0 spiro atoms. The first kappa shape index (κ1) is 9.13. The molecule has 1 heterocycles. The summed E-state index contributed by atoms with van der Waals surface area (Å²) in [5.74, 6) is 0.921. The molecule has 0 radical (unpaired) electrons. The standard InChI is InChI=1S/C12H15NO/c1-12(2,3)14-10-4-5-11-9(8-10)6-7-13-11/h4-8,13H,1-3H3. The Hall–Kier alpha value is -1.44. The average Bonchev–Trinajstić information content (AvgIpc) is 2.47. The van der Waals surface area contributed by atoms with Crippen molar-refractivity contribution in [2.45, 2.75) is 26.4 Å². The van der Waals surface area contributed by atoms with E-state index in [-0.39, 0.29) is 5.60 Å². The van der Waals surface area contributed by atoms with Crippen LogP contribution in [0.15, 0.2) is 30.5 Å². The lowest BCUT2D eigenvalue weighted by Crippen LogP contribution is -2.22. The molecule has 0 aliphatic carbocycles. The smallest absolute Gasteiger partial charge is 0.120 e. The molecule has 2 aromatic rings. The van der Waals surface area contributed by atoms with Crippen LogP contribution in [-0.4, -0.2) is 10.6 Å². The lowest BCUT2D eigenvalue weighted by atomic mass is 10.2. The van der Waals surface area contributed by atoms with Gasteiger partial charge in [-0.1, -0.05) is 0 Å². The summed E-state index contributed by atoms with van der Waals surface area (Å²) in [6.07, 6.45) is 1.94. The maximum atomic E-state index is 5.77. The highest BCUT2D eigenvalue weighted by molar-refractivity contribution is 5.80. The molecular formula is C12H15NO. The van der Waals surface area contributed by atoms with Crippen molar-refractivity contribution >= 4 is 10.9 Å². The number of rotatable bonds is 1. The Balaban J connectivity index is 2.35. The summed E-state index contributed by atoms with van der Waals surface area (Å²) < 4.78 is 5.77. The largest absolute Gasteiger partial charge is 0.488 e. The summed E-state index contributed by atoms with van der Waals surface area (Å²) >= 11 is 0. The van der Waals surface area contributed by atoms with E-state index >= 15 is 0 Å². The molecule has 1 aromatic heterocycles. The van der Waals surface area contributed by atoms with Crippen molar-refractivity contribution in [1.82, 2.24) is 4.98 Å². The second kappa shape index (κ2) is 3.05. The summed E-state index contributed by atoms with van der Waals surface area (Å²) in [7, 11) is 0. The lowest BCUT2D eigenvalue weighted by Gasteiger charge is -2.21. The quantitative estimate of drug-likeness (QED) is 0.731. The van der Waals surface area contributed by atoms with Crippen LogP contribution < -0.4 is 4.74 Å². The van der Waals surface area contributed by atoms with Crippen molar-refractivity contribution in [2.75, 3.05) is 0 Å². The highest BCUT2D eigenvalue weighted by Gasteiger charge is 2.11. The van der Waals surface area contributed by atoms with E-state index in [1.807, 2.05) is 45.2 Å². The van der Waals surface area contributed by atoms with Gasteiger partial charge in [0.15, 0.2) is 0 Å². The van der Waals surface area contributed by atoms with E-state index < -0.39 is 0 Å².